The van der Waals surface area contributed by atoms with E-state index in [1.165, 1.54) is 12.4 Å². The fourth-order valence-electron chi connectivity index (χ4n) is 1.31. The molecule has 2 rings (SSSR count). The number of hydrogen-bond acceptors (Lipinski definition) is 5. The number of carbonyl (C=O) groups excluding carboxylic acids is 1. The van der Waals surface area contributed by atoms with Crippen LogP contribution in [0, 0.1) is 0 Å². The molecule has 0 spiro atoms. The van der Waals surface area contributed by atoms with E-state index in [1.807, 2.05) is 0 Å². The van der Waals surface area contributed by atoms with Crippen molar-refractivity contribution in [3.05, 3.63) is 18.5 Å². The van der Waals surface area contributed by atoms with Crippen LogP contribution in [-0.2, 0) is 9.59 Å². The highest BCUT2D eigenvalue weighted by Gasteiger charge is 2.27. The molecule has 0 unspecified atom stereocenters. The molecule has 1 aromatic heterocycles. The van der Waals surface area contributed by atoms with Crippen LogP contribution in [0.3, 0.4) is 0 Å². The number of rotatable bonds is 3. The Morgan fingerprint density at radius 2 is 2.12 bits per heavy atom. The maximum atomic E-state index is 11.5. The van der Waals surface area contributed by atoms with Crippen LogP contribution in [0.5, 0.6) is 0 Å². The normalized spacial score (nSPS) is 15.1. The first-order valence-corrected chi connectivity index (χ1v) is 4.55. The van der Waals surface area contributed by atoms with E-state index in [-0.39, 0.29) is 24.7 Å². The number of hydrazone groups is 1. The Morgan fingerprint density at radius 1 is 1.44 bits per heavy atom. The molecule has 82 valence electrons. The third kappa shape index (κ3) is 2.02. The molecule has 1 aliphatic heterocycles. The van der Waals surface area contributed by atoms with Crippen LogP contribution < -0.4 is 5.01 Å². The van der Waals surface area contributed by atoms with Gasteiger partial charge in [0.15, 0.2) is 0 Å². The maximum absolute atomic E-state index is 11.5. The van der Waals surface area contributed by atoms with E-state index in [0.717, 1.165) is 5.01 Å². The summed E-state index contributed by atoms with van der Waals surface area (Å²) < 4.78 is 0. The second-order valence-corrected chi connectivity index (χ2v) is 3.17. The van der Waals surface area contributed by atoms with Gasteiger partial charge in [0.05, 0.1) is 18.6 Å². The monoisotopic (exact) mass is 220 g/mol. The third-order valence-corrected chi connectivity index (χ3v) is 1.93. The molecule has 0 bridgehead atoms. The molecule has 7 heteroatoms. The number of aromatic nitrogens is 2. The van der Waals surface area contributed by atoms with Crippen LogP contribution in [0.1, 0.15) is 12.8 Å². The molecule has 16 heavy (non-hydrogen) atoms. The molecule has 0 atom stereocenters. The first kappa shape index (κ1) is 10.2. The molecular formula is C9H8N4O3. The second-order valence-electron chi connectivity index (χ2n) is 3.17. The zero-order valence-electron chi connectivity index (χ0n) is 8.20. The number of anilines is 1. The lowest BCUT2D eigenvalue weighted by molar-refractivity contribution is -0.135. The van der Waals surface area contributed by atoms with Crippen molar-refractivity contribution >= 4 is 23.5 Å². The molecule has 0 aromatic carbocycles. The van der Waals surface area contributed by atoms with Gasteiger partial charge in [0.2, 0.25) is 0 Å². The fourth-order valence-corrected chi connectivity index (χ4v) is 1.31. The molecule has 2 heterocycles. The predicted octanol–water partition coefficient (Wildman–Crippen LogP) is 0.0440. The lowest BCUT2D eigenvalue weighted by atomic mass is 10.2. The van der Waals surface area contributed by atoms with Gasteiger partial charge in [0.1, 0.15) is 0 Å². The summed E-state index contributed by atoms with van der Waals surface area (Å²) in [5, 5.41) is 13.5. The zero-order chi connectivity index (χ0) is 11.5. The minimum absolute atomic E-state index is 0.00452. The molecule has 0 aliphatic carbocycles. The summed E-state index contributed by atoms with van der Waals surface area (Å²) >= 11 is 0. The van der Waals surface area contributed by atoms with Crippen molar-refractivity contribution in [2.75, 3.05) is 5.01 Å². The SMILES string of the molecule is O=C(O)CC1=NN(c2ncccn2)C(=O)C1. The molecule has 1 aromatic rings. The molecule has 0 fully saturated rings. The molecule has 7 nitrogen and oxygen atoms in total. The fraction of sp³-hybridized carbons (Fsp3) is 0.222. The van der Waals surface area contributed by atoms with Crippen LogP contribution >= 0.6 is 0 Å². The molecule has 0 saturated heterocycles. The van der Waals surface area contributed by atoms with Gasteiger partial charge in [-0.15, -0.1) is 0 Å². The third-order valence-electron chi connectivity index (χ3n) is 1.93. The highest BCUT2D eigenvalue weighted by atomic mass is 16.4. The smallest absolute Gasteiger partial charge is 0.309 e. The summed E-state index contributed by atoms with van der Waals surface area (Å²) in [5.41, 5.74) is 0.310. The Bertz CT molecular complexity index is 457. The summed E-state index contributed by atoms with van der Waals surface area (Å²) in [5.74, 6) is -1.17. The Hall–Kier alpha value is -2.31. The van der Waals surface area contributed by atoms with Gasteiger partial charge in [-0.05, 0) is 6.07 Å². The van der Waals surface area contributed by atoms with E-state index in [4.69, 9.17) is 5.11 Å². The Labute approximate surface area is 90.4 Å². The summed E-state index contributed by atoms with van der Waals surface area (Å²) in [6.07, 6.45) is 2.74. The average molecular weight is 220 g/mol. The predicted molar refractivity (Wildman–Crippen MR) is 53.8 cm³/mol. The lowest BCUT2D eigenvalue weighted by Gasteiger charge is -2.07. The number of hydrogen-bond donors (Lipinski definition) is 1. The maximum Gasteiger partial charge on any atom is 0.309 e. The highest BCUT2D eigenvalue weighted by Crippen LogP contribution is 2.16. The summed E-state index contributed by atoms with van der Waals surface area (Å²) in [6, 6.07) is 1.62. The number of carboxylic acid groups (broad SMARTS) is 1. The minimum atomic E-state index is -1.01. The molecule has 0 radical (unpaired) electrons. The summed E-state index contributed by atoms with van der Waals surface area (Å²) in [4.78, 5) is 29.7. The Kier molecular flexibility index (Phi) is 2.59. The van der Waals surface area contributed by atoms with Crippen LogP contribution in [0.25, 0.3) is 0 Å². The summed E-state index contributed by atoms with van der Waals surface area (Å²) in [6.45, 7) is 0. The topological polar surface area (TPSA) is 95.8 Å². The standard InChI is InChI=1S/C9H8N4O3/c14-7-4-6(5-8(15)16)12-13(7)9-10-2-1-3-11-9/h1-3H,4-5H2,(H,15,16). The van der Waals surface area contributed by atoms with Gasteiger partial charge in [-0.1, -0.05) is 0 Å². The van der Waals surface area contributed by atoms with E-state index in [1.54, 1.807) is 6.07 Å². The van der Waals surface area contributed by atoms with Gasteiger partial charge in [-0.3, -0.25) is 9.59 Å². The first-order chi connectivity index (χ1) is 7.66. The Balaban J connectivity index is 2.20. The van der Waals surface area contributed by atoms with Gasteiger partial charge in [0, 0.05) is 12.4 Å². The summed E-state index contributed by atoms with van der Waals surface area (Å²) in [7, 11) is 0. The lowest BCUT2D eigenvalue weighted by Crippen LogP contribution is -2.21. The molecule has 0 saturated carbocycles. The van der Waals surface area contributed by atoms with E-state index < -0.39 is 5.97 Å². The van der Waals surface area contributed by atoms with E-state index in [2.05, 4.69) is 15.1 Å². The van der Waals surface area contributed by atoms with Gasteiger partial charge in [-0.2, -0.15) is 10.1 Å². The number of aliphatic carboxylic acids is 1. The van der Waals surface area contributed by atoms with Crippen LogP contribution in [-0.4, -0.2) is 32.7 Å². The number of carboxylic acids is 1. The Morgan fingerprint density at radius 3 is 2.75 bits per heavy atom. The van der Waals surface area contributed by atoms with Gasteiger partial charge >= 0.3 is 5.97 Å². The highest BCUT2D eigenvalue weighted by molar-refractivity contribution is 6.15. The molecule has 1 aliphatic rings. The molecule has 1 N–H and O–H groups in total. The first-order valence-electron chi connectivity index (χ1n) is 4.55. The van der Waals surface area contributed by atoms with Crippen molar-refractivity contribution in [2.24, 2.45) is 5.10 Å². The van der Waals surface area contributed by atoms with Crippen molar-refractivity contribution in [3.63, 3.8) is 0 Å². The quantitative estimate of drug-likeness (QED) is 0.776. The minimum Gasteiger partial charge on any atom is -0.481 e. The zero-order valence-corrected chi connectivity index (χ0v) is 8.20. The van der Waals surface area contributed by atoms with Crippen molar-refractivity contribution in [1.29, 1.82) is 0 Å². The molecule has 1 amide bonds. The van der Waals surface area contributed by atoms with E-state index in [9.17, 15) is 9.59 Å². The largest absolute Gasteiger partial charge is 0.481 e. The van der Waals surface area contributed by atoms with Gasteiger partial charge in [0.25, 0.3) is 11.9 Å². The molecular weight excluding hydrogens is 212 g/mol. The average Bonchev–Trinajstić information content (AvgIpc) is 2.60. The van der Waals surface area contributed by atoms with Crippen LogP contribution in [0.15, 0.2) is 23.6 Å². The second kappa shape index (κ2) is 4.05. The van der Waals surface area contributed by atoms with Gasteiger partial charge in [-0.25, -0.2) is 9.97 Å². The van der Waals surface area contributed by atoms with Crippen molar-refractivity contribution < 1.29 is 14.7 Å². The van der Waals surface area contributed by atoms with E-state index >= 15 is 0 Å². The van der Waals surface area contributed by atoms with E-state index in [0.29, 0.717) is 5.71 Å². The number of carbonyl (C=O) groups is 2. The number of nitrogens with zero attached hydrogens (tertiary/aromatic N) is 4. The van der Waals surface area contributed by atoms with Crippen molar-refractivity contribution in [2.45, 2.75) is 12.8 Å². The van der Waals surface area contributed by atoms with Gasteiger partial charge < -0.3 is 5.11 Å². The van der Waals surface area contributed by atoms with Crippen molar-refractivity contribution in [1.82, 2.24) is 9.97 Å². The number of amides is 1. The van der Waals surface area contributed by atoms with Crippen LogP contribution in [0.4, 0.5) is 5.95 Å². The van der Waals surface area contributed by atoms with Crippen molar-refractivity contribution in [3.8, 4) is 0 Å². The van der Waals surface area contributed by atoms with Crippen LogP contribution in [0.2, 0.25) is 0 Å².